The van der Waals surface area contributed by atoms with Crippen molar-refractivity contribution < 1.29 is 14.0 Å². The van der Waals surface area contributed by atoms with E-state index < -0.39 is 17.6 Å². The van der Waals surface area contributed by atoms with Gasteiger partial charge in [0.25, 0.3) is 0 Å². The van der Waals surface area contributed by atoms with Gasteiger partial charge in [0.1, 0.15) is 18.3 Å². The van der Waals surface area contributed by atoms with Crippen LogP contribution in [0.15, 0.2) is 30.9 Å². The number of carbonyl (C=O) groups excluding carboxylic acids is 2. The molecule has 2 amide bonds. The molecule has 0 aliphatic carbocycles. The molecule has 0 aliphatic heterocycles. The molecule has 0 aliphatic rings. The van der Waals surface area contributed by atoms with Crippen molar-refractivity contribution in [2.75, 3.05) is 5.32 Å². The van der Waals surface area contributed by atoms with Gasteiger partial charge in [-0.2, -0.15) is 5.10 Å². The molecule has 2 rings (SSSR count). The molecule has 0 saturated carbocycles. The zero-order chi connectivity index (χ0) is 17.7. The van der Waals surface area contributed by atoms with Gasteiger partial charge in [-0.1, -0.05) is 20.3 Å². The molecule has 0 unspecified atom stereocenters. The number of hydrogen-bond acceptors (Lipinski definition) is 4. The van der Waals surface area contributed by atoms with E-state index in [0.717, 1.165) is 12.5 Å². The second-order valence-electron chi connectivity index (χ2n) is 5.61. The Balaban J connectivity index is 2.02. The quantitative estimate of drug-likeness (QED) is 0.818. The van der Waals surface area contributed by atoms with Gasteiger partial charge in [-0.15, -0.1) is 0 Å². The number of anilines is 1. The van der Waals surface area contributed by atoms with Gasteiger partial charge < -0.3 is 10.6 Å². The average Bonchev–Trinajstić information content (AvgIpc) is 3.08. The predicted octanol–water partition coefficient (Wildman–Crippen LogP) is 1.90. The van der Waals surface area contributed by atoms with E-state index in [1.54, 1.807) is 0 Å². The molecule has 0 fully saturated rings. The van der Waals surface area contributed by atoms with Crippen molar-refractivity contribution in [3.05, 3.63) is 36.7 Å². The largest absolute Gasteiger partial charge is 0.345 e. The first-order chi connectivity index (χ1) is 11.4. The molecule has 24 heavy (non-hydrogen) atoms. The van der Waals surface area contributed by atoms with Crippen molar-refractivity contribution in [2.24, 2.45) is 5.92 Å². The van der Waals surface area contributed by atoms with E-state index >= 15 is 0 Å². The molecule has 1 aromatic carbocycles. The van der Waals surface area contributed by atoms with Gasteiger partial charge in [0.2, 0.25) is 0 Å². The van der Waals surface area contributed by atoms with Crippen molar-refractivity contribution in [3.63, 3.8) is 0 Å². The molecule has 1 aromatic heterocycles. The van der Waals surface area contributed by atoms with Gasteiger partial charge in [-0.25, -0.2) is 14.1 Å². The number of rotatable bonds is 5. The molecule has 7 nitrogen and oxygen atoms in total. The van der Waals surface area contributed by atoms with Crippen LogP contribution in [0.3, 0.4) is 0 Å². The maximum absolute atomic E-state index is 14.1. The summed E-state index contributed by atoms with van der Waals surface area (Å²) in [5.41, 5.74) is 0.382. The van der Waals surface area contributed by atoms with Crippen molar-refractivity contribution >= 4 is 17.5 Å². The number of nitrogens with zero attached hydrogens (tertiary/aromatic N) is 3. The zero-order valence-corrected chi connectivity index (χ0v) is 13.8. The van der Waals surface area contributed by atoms with Crippen LogP contribution in [-0.2, 0) is 9.59 Å². The Labute approximate surface area is 139 Å². The number of nitrogens with one attached hydrogen (secondary N) is 2. The van der Waals surface area contributed by atoms with Crippen molar-refractivity contribution in [2.45, 2.75) is 33.2 Å². The van der Waals surface area contributed by atoms with E-state index in [4.69, 9.17) is 0 Å². The summed E-state index contributed by atoms with van der Waals surface area (Å²) < 4.78 is 15.4. The minimum absolute atomic E-state index is 0.125. The zero-order valence-electron chi connectivity index (χ0n) is 13.8. The highest BCUT2D eigenvalue weighted by Gasteiger charge is 2.19. The lowest BCUT2D eigenvalue weighted by atomic mass is 10.0. The third-order valence-electron chi connectivity index (χ3n) is 3.93. The molecular formula is C16H20FN5O2. The van der Waals surface area contributed by atoms with E-state index in [1.165, 1.54) is 29.5 Å². The third kappa shape index (κ3) is 4.15. The standard InChI is InChI=1S/C16H20FN5O2/c1-4-10(2)11(3)20-15(23)16(24)21-12-5-6-14(13(17)7-12)22-9-18-8-19-22/h5-11H,4H2,1-3H3,(H,20,23)(H,21,24)/t10-,11+/m0/s1. The van der Waals surface area contributed by atoms with Crippen LogP contribution < -0.4 is 10.6 Å². The molecule has 0 radical (unpaired) electrons. The van der Waals surface area contributed by atoms with Crippen LogP contribution in [-0.4, -0.2) is 32.6 Å². The van der Waals surface area contributed by atoms with Crippen LogP contribution in [0.2, 0.25) is 0 Å². The summed E-state index contributed by atoms with van der Waals surface area (Å²) in [7, 11) is 0. The Morgan fingerprint density at radius 2 is 2.04 bits per heavy atom. The highest BCUT2D eigenvalue weighted by atomic mass is 19.1. The first-order valence-corrected chi connectivity index (χ1v) is 7.68. The molecule has 0 spiro atoms. The van der Waals surface area contributed by atoms with Crippen LogP contribution in [0.25, 0.3) is 5.69 Å². The smallest absolute Gasteiger partial charge is 0.313 e. The fourth-order valence-electron chi connectivity index (χ4n) is 2.06. The Bertz CT molecular complexity index is 717. The maximum atomic E-state index is 14.1. The summed E-state index contributed by atoms with van der Waals surface area (Å²) >= 11 is 0. The number of amides is 2. The lowest BCUT2D eigenvalue weighted by Gasteiger charge is -2.19. The third-order valence-corrected chi connectivity index (χ3v) is 3.93. The first kappa shape index (κ1) is 17.6. The highest BCUT2D eigenvalue weighted by Crippen LogP contribution is 2.17. The molecule has 2 atom stereocenters. The van der Waals surface area contributed by atoms with E-state index in [-0.39, 0.29) is 23.3 Å². The number of halogens is 1. The topological polar surface area (TPSA) is 88.9 Å². The number of benzene rings is 1. The van der Waals surface area contributed by atoms with E-state index in [9.17, 15) is 14.0 Å². The fourth-order valence-corrected chi connectivity index (χ4v) is 2.06. The minimum Gasteiger partial charge on any atom is -0.345 e. The van der Waals surface area contributed by atoms with Crippen molar-refractivity contribution in [1.82, 2.24) is 20.1 Å². The van der Waals surface area contributed by atoms with Gasteiger partial charge in [-0.3, -0.25) is 9.59 Å². The molecular weight excluding hydrogens is 313 g/mol. The van der Waals surface area contributed by atoms with Gasteiger partial charge in [0.05, 0.1) is 0 Å². The second kappa shape index (κ2) is 7.67. The Morgan fingerprint density at radius 1 is 1.29 bits per heavy atom. The van der Waals surface area contributed by atoms with E-state index in [0.29, 0.717) is 0 Å². The lowest BCUT2D eigenvalue weighted by Crippen LogP contribution is -2.43. The monoisotopic (exact) mass is 333 g/mol. The van der Waals surface area contributed by atoms with Gasteiger partial charge >= 0.3 is 11.8 Å². The van der Waals surface area contributed by atoms with Crippen LogP contribution in [0.4, 0.5) is 10.1 Å². The number of hydrogen-bond donors (Lipinski definition) is 2. The summed E-state index contributed by atoms with van der Waals surface area (Å²) in [6.45, 7) is 5.83. The molecule has 2 aromatic rings. The minimum atomic E-state index is -0.835. The highest BCUT2D eigenvalue weighted by molar-refractivity contribution is 6.39. The Morgan fingerprint density at radius 3 is 2.62 bits per heavy atom. The van der Waals surface area contributed by atoms with Crippen LogP contribution in [0.5, 0.6) is 0 Å². The van der Waals surface area contributed by atoms with Crippen LogP contribution in [0, 0.1) is 11.7 Å². The summed E-state index contributed by atoms with van der Waals surface area (Å²) in [6, 6.07) is 3.93. The molecule has 8 heteroatoms. The summed E-state index contributed by atoms with van der Waals surface area (Å²) in [4.78, 5) is 27.5. The van der Waals surface area contributed by atoms with E-state index in [2.05, 4.69) is 20.7 Å². The SMILES string of the molecule is CC[C@H](C)[C@@H](C)NC(=O)C(=O)Nc1ccc(-n2cncn2)c(F)c1. The maximum Gasteiger partial charge on any atom is 0.313 e. The average molecular weight is 333 g/mol. The van der Waals surface area contributed by atoms with Gasteiger partial charge in [0, 0.05) is 11.7 Å². The predicted molar refractivity (Wildman–Crippen MR) is 87.0 cm³/mol. The summed E-state index contributed by atoms with van der Waals surface area (Å²) in [5.74, 6) is -1.92. The normalized spacial score (nSPS) is 13.2. The second-order valence-corrected chi connectivity index (χ2v) is 5.61. The lowest BCUT2D eigenvalue weighted by molar-refractivity contribution is -0.136. The van der Waals surface area contributed by atoms with Crippen molar-refractivity contribution in [1.29, 1.82) is 0 Å². The molecule has 128 valence electrons. The van der Waals surface area contributed by atoms with Gasteiger partial charge in [-0.05, 0) is 31.0 Å². The molecule has 0 bridgehead atoms. The van der Waals surface area contributed by atoms with Gasteiger partial charge in [0.15, 0.2) is 5.82 Å². The van der Waals surface area contributed by atoms with Crippen molar-refractivity contribution in [3.8, 4) is 5.69 Å². The Kier molecular flexibility index (Phi) is 5.62. The fraction of sp³-hybridized carbons (Fsp3) is 0.375. The molecule has 1 heterocycles. The van der Waals surface area contributed by atoms with Crippen LogP contribution >= 0.6 is 0 Å². The molecule has 0 saturated heterocycles. The number of carbonyl (C=O) groups is 2. The summed E-state index contributed by atoms with van der Waals surface area (Å²) in [6.07, 6.45) is 3.54. The van der Waals surface area contributed by atoms with E-state index in [1.807, 2.05) is 20.8 Å². The summed E-state index contributed by atoms with van der Waals surface area (Å²) in [5, 5.41) is 8.85. The molecule has 2 N–H and O–H groups in total. The Hall–Kier alpha value is -2.77. The number of aromatic nitrogens is 3. The van der Waals surface area contributed by atoms with Crippen LogP contribution in [0.1, 0.15) is 27.2 Å². The first-order valence-electron chi connectivity index (χ1n) is 7.68.